The number of nitrogens with zero attached hydrogens (tertiary/aromatic N) is 3. The average molecular weight is 386 g/mol. The normalized spacial score (nSPS) is 16.1. The third-order valence-electron chi connectivity index (χ3n) is 5.23. The number of benzene rings is 1. The summed E-state index contributed by atoms with van der Waals surface area (Å²) in [6.07, 6.45) is 1.31. The Morgan fingerprint density at radius 3 is 2.46 bits per heavy atom. The fraction of sp³-hybridized carbons (Fsp3) is 0.450. The van der Waals surface area contributed by atoms with Gasteiger partial charge in [0.15, 0.2) is 0 Å². The standard InChI is InChI=1S/C20H26N4O4/c1-20(2)13-23(9-10-24(20)15-5-7-16(28-4)8-6-15)17(25)11-14-12-21-19(27)22(3)18(14)26/h5-8,12H,9-11,13H2,1-4H3,(H,21,27). The summed E-state index contributed by atoms with van der Waals surface area (Å²) < 4.78 is 6.20. The summed E-state index contributed by atoms with van der Waals surface area (Å²) in [5.41, 5.74) is 0.178. The summed E-state index contributed by atoms with van der Waals surface area (Å²) in [5.74, 6) is 0.685. The first kappa shape index (κ1) is 19.7. The van der Waals surface area contributed by atoms with Crippen LogP contribution < -0.4 is 20.9 Å². The first-order valence-corrected chi connectivity index (χ1v) is 9.20. The van der Waals surface area contributed by atoms with Crippen molar-refractivity contribution in [1.82, 2.24) is 14.5 Å². The lowest BCUT2D eigenvalue weighted by Crippen LogP contribution is -2.61. The van der Waals surface area contributed by atoms with Gasteiger partial charge in [-0.2, -0.15) is 0 Å². The quantitative estimate of drug-likeness (QED) is 0.838. The van der Waals surface area contributed by atoms with Crippen molar-refractivity contribution in [3.63, 3.8) is 0 Å². The Kier molecular flexibility index (Phi) is 5.31. The van der Waals surface area contributed by atoms with E-state index < -0.39 is 11.2 Å². The number of anilines is 1. The highest BCUT2D eigenvalue weighted by atomic mass is 16.5. The van der Waals surface area contributed by atoms with Gasteiger partial charge in [0, 0.05) is 44.1 Å². The minimum atomic E-state index is -0.490. The Bertz CT molecular complexity index is 975. The van der Waals surface area contributed by atoms with Crippen LogP contribution in [0.1, 0.15) is 19.4 Å². The van der Waals surface area contributed by atoms with Crippen LogP contribution in [0.2, 0.25) is 0 Å². The number of hydrogen-bond donors (Lipinski definition) is 1. The highest BCUT2D eigenvalue weighted by Crippen LogP contribution is 2.29. The van der Waals surface area contributed by atoms with Crippen molar-refractivity contribution in [2.45, 2.75) is 25.8 Å². The van der Waals surface area contributed by atoms with Crippen molar-refractivity contribution in [2.75, 3.05) is 31.6 Å². The Balaban J connectivity index is 1.73. The highest BCUT2D eigenvalue weighted by Gasteiger charge is 2.35. The molecular formula is C20H26N4O4. The molecule has 2 heterocycles. The third kappa shape index (κ3) is 3.81. The SMILES string of the molecule is COc1ccc(N2CCN(C(=O)Cc3c[nH]c(=O)n(C)c3=O)CC2(C)C)cc1. The van der Waals surface area contributed by atoms with Crippen molar-refractivity contribution >= 4 is 11.6 Å². The molecule has 1 aliphatic heterocycles. The third-order valence-corrected chi connectivity index (χ3v) is 5.23. The molecule has 1 fully saturated rings. The maximum absolute atomic E-state index is 12.8. The average Bonchev–Trinajstić information content (AvgIpc) is 2.67. The van der Waals surface area contributed by atoms with Gasteiger partial charge in [0.1, 0.15) is 5.75 Å². The fourth-order valence-corrected chi connectivity index (χ4v) is 3.62. The summed E-state index contributed by atoms with van der Waals surface area (Å²) in [4.78, 5) is 43.0. The summed E-state index contributed by atoms with van der Waals surface area (Å²) in [6.45, 7) is 5.99. The molecule has 3 rings (SSSR count). The van der Waals surface area contributed by atoms with E-state index in [0.717, 1.165) is 16.0 Å². The lowest BCUT2D eigenvalue weighted by Gasteiger charge is -2.48. The number of hydrogen-bond acceptors (Lipinski definition) is 5. The zero-order valence-corrected chi connectivity index (χ0v) is 16.7. The van der Waals surface area contributed by atoms with E-state index in [9.17, 15) is 14.4 Å². The molecule has 1 aliphatic rings. The monoisotopic (exact) mass is 386 g/mol. The van der Waals surface area contributed by atoms with Gasteiger partial charge in [-0.3, -0.25) is 14.2 Å². The zero-order valence-electron chi connectivity index (χ0n) is 16.7. The maximum atomic E-state index is 12.8. The largest absolute Gasteiger partial charge is 0.497 e. The van der Waals surface area contributed by atoms with E-state index in [1.807, 2.05) is 24.3 Å². The molecule has 1 amide bonds. The highest BCUT2D eigenvalue weighted by molar-refractivity contribution is 5.79. The number of aromatic nitrogens is 2. The Morgan fingerprint density at radius 2 is 1.86 bits per heavy atom. The summed E-state index contributed by atoms with van der Waals surface area (Å²) >= 11 is 0. The van der Waals surface area contributed by atoms with Crippen LogP contribution in [0.4, 0.5) is 5.69 Å². The fourth-order valence-electron chi connectivity index (χ4n) is 3.62. The van der Waals surface area contributed by atoms with Crippen molar-refractivity contribution in [2.24, 2.45) is 7.05 Å². The van der Waals surface area contributed by atoms with Gasteiger partial charge in [-0.15, -0.1) is 0 Å². The second-order valence-corrected chi connectivity index (χ2v) is 7.64. The molecule has 1 aromatic heterocycles. The number of nitrogens with one attached hydrogen (secondary N) is 1. The second kappa shape index (κ2) is 7.53. The molecule has 8 heteroatoms. The minimum absolute atomic E-state index is 0.0257. The van der Waals surface area contributed by atoms with Crippen LogP contribution in [0.3, 0.4) is 0 Å². The molecular weight excluding hydrogens is 360 g/mol. The number of methoxy groups -OCH3 is 1. The van der Waals surface area contributed by atoms with Crippen LogP contribution in [0.25, 0.3) is 0 Å². The van der Waals surface area contributed by atoms with Crippen LogP contribution in [0, 0.1) is 0 Å². The molecule has 0 atom stereocenters. The first-order chi connectivity index (χ1) is 13.2. The number of H-pyrrole nitrogens is 1. The predicted molar refractivity (Wildman–Crippen MR) is 107 cm³/mol. The Morgan fingerprint density at radius 1 is 1.18 bits per heavy atom. The number of ether oxygens (including phenoxy) is 1. The van der Waals surface area contributed by atoms with Crippen molar-refractivity contribution in [3.8, 4) is 5.75 Å². The summed E-state index contributed by atoms with van der Waals surface area (Å²) in [7, 11) is 3.03. The lowest BCUT2D eigenvalue weighted by molar-refractivity contribution is -0.132. The maximum Gasteiger partial charge on any atom is 0.328 e. The van der Waals surface area contributed by atoms with Gasteiger partial charge in [-0.1, -0.05) is 0 Å². The molecule has 0 unspecified atom stereocenters. The lowest BCUT2D eigenvalue weighted by atomic mass is 9.97. The molecule has 0 radical (unpaired) electrons. The number of carbonyl (C=O) groups is 1. The van der Waals surface area contributed by atoms with Gasteiger partial charge >= 0.3 is 5.69 Å². The van der Waals surface area contributed by atoms with E-state index in [2.05, 4.69) is 23.7 Å². The van der Waals surface area contributed by atoms with Gasteiger partial charge in [0.2, 0.25) is 5.91 Å². The van der Waals surface area contributed by atoms with Crippen LogP contribution >= 0.6 is 0 Å². The number of carbonyl (C=O) groups excluding carboxylic acids is 1. The smallest absolute Gasteiger partial charge is 0.328 e. The molecule has 2 aromatic rings. The topological polar surface area (TPSA) is 87.6 Å². The van der Waals surface area contributed by atoms with Gasteiger partial charge in [0.25, 0.3) is 5.56 Å². The molecule has 1 N–H and O–H groups in total. The molecule has 1 saturated heterocycles. The molecule has 0 saturated carbocycles. The summed E-state index contributed by atoms with van der Waals surface area (Å²) in [5, 5.41) is 0. The first-order valence-electron chi connectivity index (χ1n) is 9.20. The van der Waals surface area contributed by atoms with E-state index in [1.54, 1.807) is 12.0 Å². The van der Waals surface area contributed by atoms with Gasteiger partial charge < -0.3 is 19.5 Å². The molecule has 0 aliphatic carbocycles. The minimum Gasteiger partial charge on any atom is -0.497 e. The van der Waals surface area contributed by atoms with Crippen molar-refractivity contribution in [3.05, 3.63) is 56.9 Å². The van der Waals surface area contributed by atoms with Crippen LogP contribution in [-0.2, 0) is 18.3 Å². The second-order valence-electron chi connectivity index (χ2n) is 7.64. The number of piperazine rings is 1. The zero-order chi connectivity index (χ0) is 20.5. The van der Waals surface area contributed by atoms with E-state index in [-0.39, 0.29) is 17.9 Å². The Labute approximate surface area is 163 Å². The molecule has 28 heavy (non-hydrogen) atoms. The predicted octanol–water partition coefficient (Wildman–Crippen LogP) is 0.752. The Hall–Kier alpha value is -3.03. The van der Waals surface area contributed by atoms with E-state index in [4.69, 9.17) is 4.74 Å². The molecule has 0 bridgehead atoms. The van der Waals surface area contributed by atoms with Gasteiger partial charge in [-0.25, -0.2) is 4.79 Å². The molecule has 0 spiro atoms. The van der Waals surface area contributed by atoms with E-state index in [0.29, 0.717) is 25.2 Å². The van der Waals surface area contributed by atoms with Crippen LogP contribution in [0.5, 0.6) is 5.75 Å². The molecule has 1 aromatic carbocycles. The molecule has 8 nitrogen and oxygen atoms in total. The van der Waals surface area contributed by atoms with Crippen molar-refractivity contribution < 1.29 is 9.53 Å². The number of amides is 1. The number of rotatable bonds is 4. The van der Waals surface area contributed by atoms with Crippen molar-refractivity contribution in [1.29, 1.82) is 0 Å². The van der Waals surface area contributed by atoms with E-state index in [1.165, 1.54) is 13.2 Å². The summed E-state index contributed by atoms with van der Waals surface area (Å²) in [6, 6.07) is 7.88. The van der Waals surface area contributed by atoms with E-state index >= 15 is 0 Å². The number of aromatic amines is 1. The molecule has 150 valence electrons. The van der Waals surface area contributed by atoms with Gasteiger partial charge in [-0.05, 0) is 38.1 Å². The van der Waals surface area contributed by atoms with Crippen LogP contribution in [-0.4, -0.2) is 52.6 Å². The van der Waals surface area contributed by atoms with Crippen LogP contribution in [0.15, 0.2) is 40.1 Å². The van der Waals surface area contributed by atoms with Gasteiger partial charge in [0.05, 0.1) is 19.1 Å².